The molecule has 8 heteroatoms. The molecule has 0 saturated carbocycles. The maximum atomic E-state index is 12.6. The van der Waals surface area contributed by atoms with E-state index < -0.39 is 18.5 Å². The second-order valence-electron chi connectivity index (χ2n) is 6.88. The summed E-state index contributed by atoms with van der Waals surface area (Å²) in [5.41, 5.74) is 2.85. The number of amides is 2. The van der Waals surface area contributed by atoms with Crippen molar-refractivity contribution in [3.05, 3.63) is 77.2 Å². The van der Waals surface area contributed by atoms with Crippen molar-refractivity contribution in [2.45, 2.75) is 26.7 Å². The lowest BCUT2D eigenvalue weighted by atomic mass is 10.1. The van der Waals surface area contributed by atoms with E-state index in [1.807, 2.05) is 18.2 Å². The van der Waals surface area contributed by atoms with Gasteiger partial charge >= 0.3 is 5.97 Å². The second-order valence-corrected chi connectivity index (χ2v) is 6.88. The molecule has 0 bridgehead atoms. The number of esters is 1. The highest BCUT2D eigenvalue weighted by atomic mass is 16.5. The molecule has 0 unspecified atom stereocenters. The number of carbonyl (C=O) groups excluding carboxylic acids is 3. The van der Waals surface area contributed by atoms with Crippen molar-refractivity contribution in [2.24, 2.45) is 0 Å². The smallest absolute Gasteiger partial charge is 0.306 e. The fraction of sp³-hybridized carbons (Fsp3) is 0.217. The van der Waals surface area contributed by atoms with E-state index in [9.17, 15) is 14.4 Å². The molecule has 31 heavy (non-hydrogen) atoms. The van der Waals surface area contributed by atoms with Gasteiger partial charge in [0.25, 0.3) is 11.8 Å². The first-order valence-corrected chi connectivity index (χ1v) is 9.76. The summed E-state index contributed by atoms with van der Waals surface area (Å²) in [6.45, 7) is 3.13. The quantitative estimate of drug-likeness (QED) is 0.537. The molecule has 0 fully saturated rings. The molecule has 0 radical (unpaired) electrons. The Hall–Kier alpha value is -3.94. The van der Waals surface area contributed by atoms with Crippen LogP contribution in [0.4, 0.5) is 11.4 Å². The molecule has 160 valence electrons. The van der Waals surface area contributed by atoms with Gasteiger partial charge in [0.15, 0.2) is 6.61 Å². The fourth-order valence-corrected chi connectivity index (χ4v) is 3.00. The fourth-order valence-electron chi connectivity index (χ4n) is 3.00. The van der Waals surface area contributed by atoms with Crippen molar-refractivity contribution in [3.63, 3.8) is 0 Å². The summed E-state index contributed by atoms with van der Waals surface area (Å²) in [4.78, 5) is 36.8. The summed E-state index contributed by atoms with van der Waals surface area (Å²) in [7, 11) is 0. The normalized spacial score (nSPS) is 10.4. The molecule has 2 aromatic carbocycles. The maximum Gasteiger partial charge on any atom is 0.306 e. The Morgan fingerprint density at radius 3 is 2.39 bits per heavy atom. The van der Waals surface area contributed by atoms with Crippen molar-refractivity contribution < 1.29 is 23.6 Å². The van der Waals surface area contributed by atoms with Gasteiger partial charge < -0.3 is 19.9 Å². The third kappa shape index (κ3) is 6.02. The summed E-state index contributed by atoms with van der Waals surface area (Å²) in [6, 6.07) is 15.6. The van der Waals surface area contributed by atoms with E-state index in [1.54, 1.807) is 50.2 Å². The van der Waals surface area contributed by atoms with Gasteiger partial charge in [-0.1, -0.05) is 35.5 Å². The third-order valence-corrected chi connectivity index (χ3v) is 4.60. The number of nitrogens with zero attached hydrogens (tertiary/aromatic N) is 1. The minimum Gasteiger partial charge on any atom is -0.456 e. The number of nitrogens with one attached hydrogen (secondary N) is 2. The number of para-hydroxylation sites is 2. The van der Waals surface area contributed by atoms with Crippen LogP contribution in [-0.4, -0.2) is 29.5 Å². The number of benzene rings is 2. The zero-order chi connectivity index (χ0) is 22.2. The summed E-state index contributed by atoms with van der Waals surface area (Å²) in [6.07, 6.45) is 0.524. The lowest BCUT2D eigenvalue weighted by Crippen LogP contribution is -2.23. The molecule has 0 atom stereocenters. The van der Waals surface area contributed by atoms with Gasteiger partial charge in [-0.2, -0.15) is 0 Å². The summed E-state index contributed by atoms with van der Waals surface area (Å²) < 4.78 is 10.1. The molecule has 0 aliphatic rings. The number of hydrogen-bond donors (Lipinski definition) is 2. The Labute approximate surface area is 179 Å². The number of aromatic nitrogens is 1. The molecule has 2 amide bonds. The van der Waals surface area contributed by atoms with Crippen LogP contribution in [0.15, 0.2) is 59.1 Å². The second kappa shape index (κ2) is 10.2. The molecule has 0 aliphatic carbocycles. The Balaban J connectivity index is 1.52. The van der Waals surface area contributed by atoms with Crippen molar-refractivity contribution in [1.82, 2.24) is 5.16 Å². The first kappa shape index (κ1) is 21.8. The van der Waals surface area contributed by atoms with Gasteiger partial charge in [0.1, 0.15) is 5.76 Å². The first-order valence-electron chi connectivity index (χ1n) is 9.76. The largest absolute Gasteiger partial charge is 0.456 e. The Morgan fingerprint density at radius 2 is 1.68 bits per heavy atom. The molecule has 3 aromatic rings. The number of hydrogen-bond acceptors (Lipinski definition) is 6. The van der Waals surface area contributed by atoms with Crippen LogP contribution >= 0.6 is 0 Å². The molecule has 0 aliphatic heterocycles. The lowest BCUT2D eigenvalue weighted by molar-refractivity contribution is -0.147. The van der Waals surface area contributed by atoms with E-state index >= 15 is 0 Å². The average molecular weight is 421 g/mol. The van der Waals surface area contributed by atoms with Gasteiger partial charge in [-0.05, 0) is 44.5 Å². The van der Waals surface area contributed by atoms with Crippen molar-refractivity contribution >= 4 is 29.2 Å². The van der Waals surface area contributed by atoms with Crippen molar-refractivity contribution in [3.8, 4) is 0 Å². The van der Waals surface area contributed by atoms with E-state index in [4.69, 9.17) is 9.26 Å². The van der Waals surface area contributed by atoms with Crippen molar-refractivity contribution in [2.75, 3.05) is 17.2 Å². The van der Waals surface area contributed by atoms with Crippen LogP contribution in [0, 0.1) is 13.8 Å². The predicted molar refractivity (Wildman–Crippen MR) is 115 cm³/mol. The van der Waals surface area contributed by atoms with Crippen LogP contribution in [0.5, 0.6) is 0 Å². The summed E-state index contributed by atoms with van der Waals surface area (Å²) in [5, 5.41) is 9.23. The summed E-state index contributed by atoms with van der Waals surface area (Å²) >= 11 is 0. The number of aryl methyl sites for hydroxylation is 2. The van der Waals surface area contributed by atoms with E-state index in [0.29, 0.717) is 29.1 Å². The zero-order valence-electron chi connectivity index (χ0n) is 17.3. The average Bonchev–Trinajstić information content (AvgIpc) is 3.09. The Morgan fingerprint density at radius 1 is 0.968 bits per heavy atom. The van der Waals surface area contributed by atoms with E-state index in [1.165, 1.54) is 0 Å². The maximum absolute atomic E-state index is 12.6. The number of carbonyl (C=O) groups is 3. The summed E-state index contributed by atoms with van der Waals surface area (Å²) in [5.74, 6) is -0.747. The number of rotatable bonds is 8. The van der Waals surface area contributed by atoms with Crippen molar-refractivity contribution in [1.29, 1.82) is 0 Å². The SMILES string of the molecule is Cc1noc(C)c1CCC(=O)OCC(=O)Nc1ccccc1C(=O)Nc1ccccc1. The minimum atomic E-state index is -0.536. The molecule has 3 rings (SSSR count). The molecular formula is C23H23N3O5. The molecular weight excluding hydrogens is 398 g/mol. The predicted octanol–water partition coefficient (Wildman–Crippen LogP) is 3.66. The standard InChI is InChI=1S/C23H23N3O5/c1-15-18(16(2)31-26-15)12-13-22(28)30-14-21(27)25-20-11-7-6-10-19(20)23(29)24-17-8-4-3-5-9-17/h3-11H,12-14H2,1-2H3,(H,24,29)(H,25,27). The van der Waals surface area contributed by atoms with Gasteiger partial charge in [-0.15, -0.1) is 0 Å². The number of ether oxygens (including phenoxy) is 1. The molecule has 0 saturated heterocycles. The third-order valence-electron chi connectivity index (χ3n) is 4.60. The highest BCUT2D eigenvalue weighted by Gasteiger charge is 2.16. The molecule has 2 N–H and O–H groups in total. The lowest BCUT2D eigenvalue weighted by Gasteiger charge is -2.12. The zero-order valence-corrected chi connectivity index (χ0v) is 17.3. The number of anilines is 2. The van der Waals surface area contributed by atoms with E-state index in [-0.39, 0.29) is 12.3 Å². The molecule has 8 nitrogen and oxygen atoms in total. The van der Waals surface area contributed by atoms with Crippen LogP contribution < -0.4 is 10.6 Å². The molecule has 0 spiro atoms. The van der Waals surface area contributed by atoms with Gasteiger partial charge in [-0.3, -0.25) is 14.4 Å². The first-order chi connectivity index (χ1) is 14.9. The highest BCUT2D eigenvalue weighted by Crippen LogP contribution is 2.18. The van der Waals surface area contributed by atoms with Gasteiger partial charge in [0.05, 0.1) is 16.9 Å². The van der Waals surface area contributed by atoms with Gasteiger partial charge in [0.2, 0.25) is 0 Å². The van der Waals surface area contributed by atoms with E-state index in [2.05, 4.69) is 15.8 Å². The monoisotopic (exact) mass is 421 g/mol. The Bertz CT molecular complexity index is 1060. The van der Waals surface area contributed by atoms with E-state index in [0.717, 1.165) is 11.3 Å². The Kier molecular flexibility index (Phi) is 7.16. The highest BCUT2D eigenvalue weighted by molar-refractivity contribution is 6.10. The van der Waals surface area contributed by atoms with Crippen LogP contribution in [0.25, 0.3) is 0 Å². The van der Waals surface area contributed by atoms with Crippen LogP contribution in [0.3, 0.4) is 0 Å². The topological polar surface area (TPSA) is 111 Å². The molecule has 1 heterocycles. The van der Waals surface area contributed by atoms with Gasteiger partial charge in [-0.25, -0.2) is 0 Å². The van der Waals surface area contributed by atoms with Crippen LogP contribution in [0.1, 0.15) is 33.8 Å². The van der Waals surface area contributed by atoms with Gasteiger partial charge in [0, 0.05) is 17.7 Å². The minimum absolute atomic E-state index is 0.103. The van der Waals surface area contributed by atoms with Crippen LogP contribution in [-0.2, 0) is 20.7 Å². The molecule has 1 aromatic heterocycles. The van der Waals surface area contributed by atoms with Crippen LogP contribution in [0.2, 0.25) is 0 Å².